The van der Waals surface area contributed by atoms with Crippen LogP contribution in [0.2, 0.25) is 0 Å². The van der Waals surface area contributed by atoms with Crippen LogP contribution in [-0.2, 0) is 16.1 Å². The number of ether oxygens (including phenoxy) is 1. The van der Waals surface area contributed by atoms with Gasteiger partial charge in [-0.3, -0.25) is 0 Å². The van der Waals surface area contributed by atoms with E-state index < -0.39 is 18.1 Å². The summed E-state index contributed by atoms with van der Waals surface area (Å²) in [6.45, 7) is 3.19. The molecule has 1 aromatic rings. The van der Waals surface area contributed by atoms with E-state index in [-0.39, 0.29) is 6.61 Å². The van der Waals surface area contributed by atoms with Gasteiger partial charge in [-0.05, 0) is 50.9 Å². The highest BCUT2D eigenvalue weighted by atomic mass is 16.5. The van der Waals surface area contributed by atoms with E-state index in [1.165, 1.54) is 12.8 Å². The van der Waals surface area contributed by atoms with E-state index in [4.69, 9.17) is 4.74 Å². The Morgan fingerprint density at radius 2 is 1.91 bits per heavy atom. The van der Waals surface area contributed by atoms with Crippen molar-refractivity contribution in [3.05, 3.63) is 35.9 Å². The van der Waals surface area contributed by atoms with E-state index in [2.05, 4.69) is 10.2 Å². The molecule has 2 rings (SSSR count). The summed E-state index contributed by atoms with van der Waals surface area (Å²) >= 11 is 0. The molecule has 1 unspecified atom stereocenters. The highest BCUT2D eigenvalue weighted by Gasteiger charge is 2.21. The Hall–Kier alpha value is -2.08. The third-order valence-electron chi connectivity index (χ3n) is 3.97. The first-order valence-corrected chi connectivity index (χ1v) is 8.07. The summed E-state index contributed by atoms with van der Waals surface area (Å²) in [6.07, 6.45) is 2.89. The molecule has 6 nitrogen and oxygen atoms in total. The number of hydrogen-bond donors (Lipinski definition) is 2. The van der Waals surface area contributed by atoms with Gasteiger partial charge in [0.2, 0.25) is 0 Å². The van der Waals surface area contributed by atoms with Gasteiger partial charge in [-0.2, -0.15) is 0 Å². The largest absolute Gasteiger partial charge is 0.480 e. The number of carboxylic acid groups (broad SMARTS) is 1. The molecule has 1 fully saturated rings. The Labute approximate surface area is 136 Å². The van der Waals surface area contributed by atoms with Gasteiger partial charge in [0.05, 0.1) is 0 Å². The molecular formula is C17H24N2O4. The van der Waals surface area contributed by atoms with Crippen LogP contribution in [0.5, 0.6) is 0 Å². The minimum Gasteiger partial charge on any atom is -0.480 e. The number of amides is 1. The minimum atomic E-state index is -1.02. The topological polar surface area (TPSA) is 78.9 Å². The lowest BCUT2D eigenvalue weighted by Crippen LogP contribution is -2.41. The van der Waals surface area contributed by atoms with Crippen LogP contribution in [0.3, 0.4) is 0 Å². The molecule has 0 spiro atoms. The molecule has 1 aromatic carbocycles. The number of nitrogens with one attached hydrogen (secondary N) is 1. The van der Waals surface area contributed by atoms with Crippen molar-refractivity contribution in [3.63, 3.8) is 0 Å². The first-order valence-electron chi connectivity index (χ1n) is 8.07. The van der Waals surface area contributed by atoms with Gasteiger partial charge >= 0.3 is 12.1 Å². The SMILES string of the molecule is O=C(NC(CCCN1CCCC1)C(=O)O)OCc1ccccc1. The van der Waals surface area contributed by atoms with Crippen molar-refractivity contribution in [1.82, 2.24) is 10.2 Å². The molecule has 1 amide bonds. The van der Waals surface area contributed by atoms with E-state index in [0.29, 0.717) is 6.42 Å². The maximum atomic E-state index is 11.7. The number of likely N-dealkylation sites (tertiary alicyclic amines) is 1. The number of nitrogens with zero attached hydrogens (tertiary/aromatic N) is 1. The van der Waals surface area contributed by atoms with Crippen molar-refractivity contribution >= 4 is 12.1 Å². The number of rotatable bonds is 8. The van der Waals surface area contributed by atoms with Crippen LogP contribution in [0.1, 0.15) is 31.2 Å². The lowest BCUT2D eigenvalue weighted by Gasteiger charge is -2.17. The van der Waals surface area contributed by atoms with Gasteiger partial charge in [-0.25, -0.2) is 9.59 Å². The highest BCUT2D eigenvalue weighted by Crippen LogP contribution is 2.09. The average Bonchev–Trinajstić information content (AvgIpc) is 3.06. The standard InChI is InChI=1S/C17H24N2O4/c20-16(21)15(9-6-12-19-10-4-5-11-19)18-17(22)23-13-14-7-2-1-3-8-14/h1-3,7-8,15H,4-6,9-13H2,(H,18,22)(H,20,21). The Morgan fingerprint density at radius 3 is 2.57 bits per heavy atom. The van der Waals surface area contributed by atoms with Crippen molar-refractivity contribution in [3.8, 4) is 0 Å². The molecule has 2 N–H and O–H groups in total. The molecule has 126 valence electrons. The molecule has 0 bridgehead atoms. The average molecular weight is 320 g/mol. The third kappa shape index (κ3) is 6.28. The summed E-state index contributed by atoms with van der Waals surface area (Å²) in [6, 6.07) is 8.38. The number of benzene rings is 1. The van der Waals surface area contributed by atoms with E-state index in [1.807, 2.05) is 30.3 Å². The second-order valence-electron chi connectivity index (χ2n) is 5.79. The summed E-state index contributed by atoms with van der Waals surface area (Å²) in [4.78, 5) is 25.3. The van der Waals surface area contributed by atoms with Crippen LogP contribution in [0.15, 0.2) is 30.3 Å². The summed E-state index contributed by atoms with van der Waals surface area (Å²) in [7, 11) is 0. The van der Waals surface area contributed by atoms with Gasteiger partial charge in [0, 0.05) is 0 Å². The van der Waals surface area contributed by atoms with E-state index in [0.717, 1.165) is 31.6 Å². The van der Waals surface area contributed by atoms with Crippen LogP contribution in [0.25, 0.3) is 0 Å². The Kier molecular flexibility index (Phi) is 6.87. The van der Waals surface area contributed by atoms with Crippen molar-refractivity contribution in [2.24, 2.45) is 0 Å². The number of carboxylic acids is 1. The van der Waals surface area contributed by atoms with Crippen molar-refractivity contribution in [2.45, 2.75) is 38.3 Å². The molecule has 1 saturated heterocycles. The van der Waals surface area contributed by atoms with E-state index >= 15 is 0 Å². The zero-order valence-electron chi connectivity index (χ0n) is 13.2. The predicted octanol–water partition coefficient (Wildman–Crippen LogP) is 2.24. The maximum absolute atomic E-state index is 11.7. The zero-order chi connectivity index (χ0) is 16.5. The smallest absolute Gasteiger partial charge is 0.408 e. The summed E-state index contributed by atoms with van der Waals surface area (Å²) in [5.74, 6) is -1.02. The fourth-order valence-corrected chi connectivity index (χ4v) is 2.69. The molecule has 1 aliphatic rings. The minimum absolute atomic E-state index is 0.132. The van der Waals surface area contributed by atoms with Crippen LogP contribution in [0, 0.1) is 0 Å². The first kappa shape index (κ1) is 17.3. The van der Waals surface area contributed by atoms with Gasteiger partial charge in [0.1, 0.15) is 12.6 Å². The molecule has 0 saturated carbocycles. The summed E-state index contributed by atoms with van der Waals surface area (Å²) in [5.41, 5.74) is 0.864. The van der Waals surface area contributed by atoms with Crippen molar-refractivity contribution in [1.29, 1.82) is 0 Å². The summed E-state index contributed by atoms with van der Waals surface area (Å²) in [5, 5.41) is 11.6. The maximum Gasteiger partial charge on any atom is 0.408 e. The van der Waals surface area contributed by atoms with Crippen LogP contribution >= 0.6 is 0 Å². The number of aliphatic carboxylic acids is 1. The molecule has 0 aromatic heterocycles. The van der Waals surface area contributed by atoms with E-state index in [9.17, 15) is 14.7 Å². The number of hydrogen-bond acceptors (Lipinski definition) is 4. The normalized spacial score (nSPS) is 16.0. The number of carbonyl (C=O) groups excluding carboxylic acids is 1. The second kappa shape index (κ2) is 9.15. The van der Waals surface area contributed by atoms with Gasteiger partial charge in [-0.15, -0.1) is 0 Å². The quantitative estimate of drug-likeness (QED) is 0.768. The molecule has 1 aliphatic heterocycles. The molecule has 1 heterocycles. The van der Waals surface area contributed by atoms with Gasteiger partial charge in [0.15, 0.2) is 0 Å². The third-order valence-corrected chi connectivity index (χ3v) is 3.97. The Balaban J connectivity index is 1.69. The van der Waals surface area contributed by atoms with Crippen LogP contribution < -0.4 is 5.32 Å². The Morgan fingerprint density at radius 1 is 1.22 bits per heavy atom. The fourth-order valence-electron chi connectivity index (χ4n) is 2.69. The van der Waals surface area contributed by atoms with Crippen molar-refractivity contribution < 1.29 is 19.4 Å². The van der Waals surface area contributed by atoms with Crippen molar-refractivity contribution in [2.75, 3.05) is 19.6 Å². The lowest BCUT2D eigenvalue weighted by atomic mass is 10.1. The predicted molar refractivity (Wildman–Crippen MR) is 86.1 cm³/mol. The van der Waals surface area contributed by atoms with E-state index in [1.54, 1.807) is 0 Å². The second-order valence-corrected chi connectivity index (χ2v) is 5.79. The number of alkyl carbamates (subject to hydrolysis) is 1. The monoisotopic (exact) mass is 320 g/mol. The first-order chi connectivity index (χ1) is 11.1. The molecule has 23 heavy (non-hydrogen) atoms. The molecule has 1 atom stereocenters. The van der Waals surface area contributed by atoms with Gasteiger partial charge < -0.3 is 20.1 Å². The summed E-state index contributed by atoms with van der Waals surface area (Å²) < 4.78 is 5.06. The Bertz CT molecular complexity index is 501. The fraction of sp³-hybridized carbons (Fsp3) is 0.529. The molecule has 6 heteroatoms. The van der Waals surface area contributed by atoms with Crippen LogP contribution in [-0.4, -0.2) is 47.7 Å². The number of carbonyl (C=O) groups is 2. The molecule has 0 radical (unpaired) electrons. The molecular weight excluding hydrogens is 296 g/mol. The lowest BCUT2D eigenvalue weighted by molar-refractivity contribution is -0.139. The highest BCUT2D eigenvalue weighted by molar-refractivity contribution is 5.79. The van der Waals surface area contributed by atoms with Gasteiger partial charge in [0.25, 0.3) is 0 Å². The van der Waals surface area contributed by atoms with Crippen LogP contribution in [0.4, 0.5) is 4.79 Å². The zero-order valence-corrected chi connectivity index (χ0v) is 13.2. The molecule has 0 aliphatic carbocycles. The van der Waals surface area contributed by atoms with Gasteiger partial charge in [-0.1, -0.05) is 30.3 Å².